The Morgan fingerprint density at radius 1 is 1.03 bits per heavy atom. The molecular formula is C21H21N5O3. The highest BCUT2D eigenvalue weighted by Crippen LogP contribution is 2.14. The summed E-state index contributed by atoms with van der Waals surface area (Å²) in [5.41, 5.74) is 2.25. The molecule has 29 heavy (non-hydrogen) atoms. The molecule has 0 saturated carbocycles. The van der Waals surface area contributed by atoms with Gasteiger partial charge in [-0.1, -0.05) is 0 Å². The van der Waals surface area contributed by atoms with Crippen LogP contribution in [0.1, 0.15) is 39.2 Å². The van der Waals surface area contributed by atoms with E-state index in [1.807, 2.05) is 12.1 Å². The van der Waals surface area contributed by atoms with Gasteiger partial charge in [0, 0.05) is 30.7 Å². The Morgan fingerprint density at radius 2 is 1.76 bits per heavy atom. The first-order valence-corrected chi connectivity index (χ1v) is 9.12. The number of pyridine rings is 1. The number of hydrogen-bond acceptors (Lipinski definition) is 7. The van der Waals surface area contributed by atoms with Crippen LogP contribution in [0.15, 0.2) is 54.9 Å². The van der Waals surface area contributed by atoms with Crippen LogP contribution in [0.4, 0.5) is 11.5 Å². The molecule has 0 spiro atoms. The minimum absolute atomic E-state index is 0.240. The fourth-order valence-corrected chi connectivity index (χ4v) is 2.57. The first kappa shape index (κ1) is 19.9. The smallest absolute Gasteiger partial charge is 0.338 e. The fraction of sp³-hybridized carbons (Fsp3) is 0.190. The van der Waals surface area contributed by atoms with Crippen molar-refractivity contribution >= 4 is 23.4 Å². The second-order valence-corrected chi connectivity index (χ2v) is 6.15. The molecule has 0 unspecified atom stereocenters. The molecule has 0 radical (unpaired) electrons. The molecule has 8 heteroatoms. The van der Waals surface area contributed by atoms with Gasteiger partial charge in [-0.15, -0.1) is 0 Å². The Balaban J connectivity index is 1.67. The predicted octanol–water partition coefficient (Wildman–Crippen LogP) is 3.22. The van der Waals surface area contributed by atoms with Gasteiger partial charge in [-0.3, -0.25) is 9.78 Å². The van der Waals surface area contributed by atoms with Gasteiger partial charge in [-0.05, 0) is 55.8 Å². The highest BCUT2D eigenvalue weighted by Gasteiger charge is 2.12. The largest absolute Gasteiger partial charge is 0.462 e. The van der Waals surface area contributed by atoms with Crippen LogP contribution in [0, 0.1) is 6.92 Å². The van der Waals surface area contributed by atoms with Crippen molar-refractivity contribution in [3.63, 3.8) is 0 Å². The maximum Gasteiger partial charge on any atom is 0.338 e. The van der Waals surface area contributed by atoms with Gasteiger partial charge >= 0.3 is 5.97 Å². The molecule has 0 saturated heterocycles. The third-order valence-corrected chi connectivity index (χ3v) is 3.95. The van der Waals surface area contributed by atoms with E-state index < -0.39 is 5.97 Å². The maximum absolute atomic E-state index is 12.6. The summed E-state index contributed by atoms with van der Waals surface area (Å²) in [7, 11) is 0. The molecular weight excluding hydrogens is 370 g/mol. The van der Waals surface area contributed by atoms with Crippen molar-refractivity contribution in [2.24, 2.45) is 0 Å². The third-order valence-electron chi connectivity index (χ3n) is 3.95. The van der Waals surface area contributed by atoms with E-state index in [4.69, 9.17) is 4.74 Å². The van der Waals surface area contributed by atoms with E-state index in [2.05, 4.69) is 25.6 Å². The van der Waals surface area contributed by atoms with Crippen LogP contribution in [0.2, 0.25) is 0 Å². The van der Waals surface area contributed by atoms with Crippen LogP contribution in [0.5, 0.6) is 0 Å². The maximum atomic E-state index is 12.6. The van der Waals surface area contributed by atoms with Crippen LogP contribution < -0.4 is 10.6 Å². The predicted molar refractivity (Wildman–Crippen MR) is 109 cm³/mol. The molecule has 0 bridgehead atoms. The number of anilines is 2. The van der Waals surface area contributed by atoms with E-state index in [1.54, 1.807) is 56.6 Å². The van der Waals surface area contributed by atoms with Gasteiger partial charge in [0.2, 0.25) is 0 Å². The molecule has 2 N–H and O–H groups in total. The second-order valence-electron chi connectivity index (χ2n) is 6.15. The lowest BCUT2D eigenvalue weighted by Gasteiger charge is -2.10. The number of amides is 1. The number of hydrogen-bond donors (Lipinski definition) is 2. The van der Waals surface area contributed by atoms with Gasteiger partial charge in [0.25, 0.3) is 5.91 Å². The lowest BCUT2D eigenvalue weighted by atomic mass is 10.2. The summed E-state index contributed by atoms with van der Waals surface area (Å²) in [5, 5.41) is 5.95. The molecule has 0 fully saturated rings. The number of nitrogens with zero attached hydrogens (tertiary/aromatic N) is 3. The number of nitrogens with one attached hydrogen (secondary N) is 2. The lowest BCUT2D eigenvalue weighted by molar-refractivity contribution is 0.0526. The topological polar surface area (TPSA) is 106 Å². The highest BCUT2D eigenvalue weighted by atomic mass is 16.5. The molecule has 2 aromatic heterocycles. The summed E-state index contributed by atoms with van der Waals surface area (Å²) in [6.07, 6.45) is 3.43. The number of aromatic nitrogens is 3. The lowest BCUT2D eigenvalue weighted by Crippen LogP contribution is -2.16. The fourth-order valence-electron chi connectivity index (χ4n) is 2.57. The van der Waals surface area contributed by atoms with E-state index in [9.17, 15) is 9.59 Å². The molecule has 0 aliphatic carbocycles. The molecule has 3 rings (SSSR count). The van der Waals surface area contributed by atoms with Gasteiger partial charge in [0.15, 0.2) is 0 Å². The molecule has 1 amide bonds. The summed E-state index contributed by atoms with van der Waals surface area (Å²) in [5.74, 6) is 0.262. The number of benzene rings is 1. The summed E-state index contributed by atoms with van der Waals surface area (Å²) < 4.78 is 4.95. The van der Waals surface area contributed by atoms with E-state index in [1.165, 1.54) is 0 Å². The van der Waals surface area contributed by atoms with Crippen molar-refractivity contribution < 1.29 is 14.3 Å². The minimum atomic E-state index is -0.401. The number of ether oxygens (including phenoxy) is 1. The van der Waals surface area contributed by atoms with Crippen molar-refractivity contribution in [2.45, 2.75) is 20.4 Å². The number of esters is 1. The molecule has 2 heterocycles. The van der Waals surface area contributed by atoms with Crippen molar-refractivity contribution in [3.8, 4) is 0 Å². The van der Waals surface area contributed by atoms with Gasteiger partial charge in [-0.2, -0.15) is 0 Å². The van der Waals surface area contributed by atoms with Crippen LogP contribution in [-0.2, 0) is 11.3 Å². The standard InChI is InChI=1S/C21H21N5O3/c1-3-29-21(28)16-4-6-17(7-5-16)26-20(27)18-12-19(25-14(2)24-18)23-13-15-8-10-22-11-9-15/h4-12H,3,13H2,1-2H3,(H,26,27)(H,23,24,25). The van der Waals surface area contributed by atoms with Gasteiger partial charge < -0.3 is 15.4 Å². The van der Waals surface area contributed by atoms with Gasteiger partial charge in [-0.25, -0.2) is 14.8 Å². The average Bonchev–Trinajstić information content (AvgIpc) is 2.73. The van der Waals surface area contributed by atoms with Gasteiger partial charge in [0.05, 0.1) is 12.2 Å². The molecule has 1 aromatic carbocycles. The van der Waals surface area contributed by atoms with Gasteiger partial charge in [0.1, 0.15) is 17.3 Å². The van der Waals surface area contributed by atoms with E-state index >= 15 is 0 Å². The van der Waals surface area contributed by atoms with E-state index in [-0.39, 0.29) is 11.6 Å². The van der Waals surface area contributed by atoms with Crippen molar-refractivity contribution in [2.75, 3.05) is 17.2 Å². The first-order chi connectivity index (χ1) is 14.0. The summed E-state index contributed by atoms with van der Waals surface area (Å²) >= 11 is 0. The quantitative estimate of drug-likeness (QED) is 0.596. The molecule has 148 valence electrons. The first-order valence-electron chi connectivity index (χ1n) is 9.12. The van der Waals surface area contributed by atoms with Crippen molar-refractivity contribution in [1.29, 1.82) is 0 Å². The monoisotopic (exact) mass is 391 g/mol. The molecule has 0 atom stereocenters. The van der Waals surface area contributed by atoms with Crippen LogP contribution in [0.3, 0.4) is 0 Å². The second kappa shape index (κ2) is 9.41. The van der Waals surface area contributed by atoms with Crippen LogP contribution in [-0.4, -0.2) is 33.4 Å². The zero-order valence-corrected chi connectivity index (χ0v) is 16.2. The molecule has 3 aromatic rings. The molecule has 8 nitrogen and oxygen atoms in total. The SMILES string of the molecule is CCOC(=O)c1ccc(NC(=O)c2cc(NCc3ccncc3)nc(C)n2)cc1. The number of carbonyl (C=O) groups is 2. The summed E-state index contributed by atoms with van der Waals surface area (Å²) in [6, 6.07) is 11.9. The summed E-state index contributed by atoms with van der Waals surface area (Å²) in [4.78, 5) is 36.8. The van der Waals surface area contributed by atoms with Crippen LogP contribution in [0.25, 0.3) is 0 Å². The van der Waals surface area contributed by atoms with Crippen molar-refractivity contribution in [3.05, 3.63) is 77.5 Å². The average molecular weight is 391 g/mol. The highest BCUT2D eigenvalue weighted by molar-refractivity contribution is 6.03. The zero-order chi connectivity index (χ0) is 20.6. The number of carbonyl (C=O) groups excluding carboxylic acids is 2. The molecule has 0 aliphatic rings. The summed E-state index contributed by atoms with van der Waals surface area (Å²) in [6.45, 7) is 4.33. The van der Waals surface area contributed by atoms with Crippen molar-refractivity contribution in [1.82, 2.24) is 15.0 Å². The Labute approximate surface area is 168 Å². The Kier molecular flexibility index (Phi) is 6.47. The molecule has 0 aliphatic heterocycles. The Hall–Kier alpha value is -3.81. The van der Waals surface area contributed by atoms with E-state index in [0.29, 0.717) is 36.0 Å². The third kappa shape index (κ3) is 5.58. The Morgan fingerprint density at radius 3 is 2.45 bits per heavy atom. The minimum Gasteiger partial charge on any atom is -0.462 e. The normalized spacial score (nSPS) is 10.3. The Bertz CT molecular complexity index is 991. The van der Waals surface area contributed by atoms with E-state index in [0.717, 1.165) is 5.56 Å². The number of aryl methyl sites for hydroxylation is 1. The van der Waals surface area contributed by atoms with Crippen LogP contribution >= 0.6 is 0 Å². The number of rotatable bonds is 7. The zero-order valence-electron chi connectivity index (χ0n) is 16.2.